The molecule has 0 radical (unpaired) electrons. The number of hydrogen-bond donors (Lipinski definition) is 1. The Labute approximate surface area is 246 Å². The number of aliphatic hydroxyl groups excluding tert-OH is 1. The predicted molar refractivity (Wildman–Crippen MR) is 147 cm³/mol. The van der Waals surface area contributed by atoms with E-state index < -0.39 is 69.3 Å². The quantitative estimate of drug-likeness (QED) is 0.335. The van der Waals surface area contributed by atoms with Gasteiger partial charge in [0.2, 0.25) is 5.78 Å². The predicted octanol–water partition coefficient (Wildman–Crippen LogP) is 5.07. The molecule has 3 fully saturated rings. The molecule has 0 amide bonds. The van der Waals surface area contributed by atoms with Crippen LogP contribution in [0.4, 0.5) is 4.39 Å². The third-order valence-corrected chi connectivity index (χ3v) is 11.4. The second-order valence-corrected chi connectivity index (χ2v) is 14.3. The number of allylic oxidation sites excluding steroid dienone is 4. The second-order valence-electron chi connectivity index (χ2n) is 13.9. The fourth-order valence-corrected chi connectivity index (χ4v) is 10.1. The van der Waals surface area contributed by atoms with Crippen LogP contribution in [0.1, 0.15) is 80.6 Å². The third-order valence-electron chi connectivity index (χ3n) is 11.2. The van der Waals surface area contributed by atoms with Crippen LogP contribution in [0, 0.1) is 33.5 Å². The van der Waals surface area contributed by atoms with Crippen molar-refractivity contribution in [2.24, 2.45) is 22.2 Å². The lowest BCUT2D eigenvalue weighted by molar-refractivity contribution is -0.275. The number of ether oxygens (including phenoxy) is 4. The Morgan fingerprint density at radius 2 is 1.85 bits per heavy atom. The van der Waals surface area contributed by atoms with Gasteiger partial charge in [-0.2, -0.15) is 5.26 Å². The Balaban J connectivity index is 1.69. The molecule has 10 heteroatoms. The third kappa shape index (κ3) is 3.66. The Morgan fingerprint density at radius 3 is 2.46 bits per heavy atom. The highest BCUT2D eigenvalue weighted by atomic mass is 35.5. The van der Waals surface area contributed by atoms with Crippen LogP contribution in [-0.4, -0.2) is 64.7 Å². The van der Waals surface area contributed by atoms with Crippen molar-refractivity contribution in [2.75, 3.05) is 19.1 Å². The van der Waals surface area contributed by atoms with E-state index in [1.807, 2.05) is 6.92 Å². The normalized spacial score (nSPS) is 45.9. The molecule has 8 nitrogen and oxygen atoms in total. The van der Waals surface area contributed by atoms with Crippen molar-refractivity contribution >= 4 is 23.4 Å². The van der Waals surface area contributed by atoms with Crippen molar-refractivity contribution in [3.63, 3.8) is 0 Å². The molecule has 1 aliphatic heterocycles. The van der Waals surface area contributed by atoms with Crippen molar-refractivity contribution in [2.45, 2.75) is 109 Å². The molecule has 1 saturated heterocycles. The van der Waals surface area contributed by atoms with Crippen molar-refractivity contribution in [1.29, 1.82) is 5.26 Å². The number of aliphatic hydroxyl groups is 1. The van der Waals surface area contributed by atoms with Crippen LogP contribution < -0.4 is 0 Å². The van der Waals surface area contributed by atoms with Crippen molar-refractivity contribution in [1.82, 2.24) is 0 Å². The zero-order chi connectivity index (χ0) is 30.4. The lowest BCUT2D eigenvalue weighted by Gasteiger charge is -2.67. The Morgan fingerprint density at radius 1 is 1.17 bits per heavy atom. The van der Waals surface area contributed by atoms with Crippen LogP contribution >= 0.6 is 11.6 Å². The molecule has 1 heterocycles. The average molecular weight is 594 g/mol. The van der Waals surface area contributed by atoms with E-state index in [4.69, 9.17) is 30.5 Å². The number of rotatable bonds is 6. The number of carbonyl (C=O) groups excluding carboxylic acids is 2. The first-order valence-corrected chi connectivity index (χ1v) is 14.9. The molecule has 0 unspecified atom stereocenters. The van der Waals surface area contributed by atoms with Gasteiger partial charge in [0.1, 0.15) is 12.2 Å². The van der Waals surface area contributed by atoms with E-state index in [1.54, 1.807) is 40.7 Å². The van der Waals surface area contributed by atoms with Crippen LogP contribution in [0.25, 0.3) is 0 Å². The maximum Gasteiger partial charge on any atom is 0.303 e. The van der Waals surface area contributed by atoms with Gasteiger partial charge in [-0.3, -0.25) is 9.59 Å². The first-order valence-electron chi connectivity index (χ1n) is 14.4. The number of hydrogen-bond acceptors (Lipinski definition) is 8. The van der Waals surface area contributed by atoms with Gasteiger partial charge in [-0.25, -0.2) is 4.39 Å². The van der Waals surface area contributed by atoms with E-state index in [9.17, 15) is 20.0 Å². The molecule has 0 aromatic carbocycles. The number of nitrogens with zero attached hydrogens (tertiary/aromatic N) is 1. The minimum Gasteiger partial charge on any atom is -0.497 e. The summed E-state index contributed by atoms with van der Waals surface area (Å²) in [7, 11) is 0. The maximum absolute atomic E-state index is 18.3. The molecule has 226 valence electrons. The minimum atomic E-state index is -2.14. The van der Waals surface area contributed by atoms with Crippen molar-refractivity contribution < 1.29 is 38.0 Å². The highest BCUT2D eigenvalue weighted by Gasteiger charge is 2.86. The topological polar surface area (TPSA) is 115 Å². The van der Waals surface area contributed by atoms with Gasteiger partial charge in [-0.1, -0.05) is 20.8 Å². The standard InChI is InChI=1S/C31H41ClFNO7/c1-18(35)39-17-24(37)31-28(6)15-23(36)30(33)26(4)9-8-20(38-11-10-32)12-21(26)19(16-34)13-27(30,5)22(28)14-29(31,7)40-25(2,3)41-31/h12,22-23,36H,8-11,13-15,17H2,1-7H3/t22-,23-,26-,27-,28-,29+,30-,31-/m0/s1. The van der Waals surface area contributed by atoms with Crippen LogP contribution in [0.3, 0.4) is 0 Å². The lowest BCUT2D eigenvalue weighted by Crippen LogP contribution is -2.74. The zero-order valence-electron chi connectivity index (χ0n) is 25.0. The molecule has 0 bridgehead atoms. The largest absolute Gasteiger partial charge is 0.497 e. The summed E-state index contributed by atoms with van der Waals surface area (Å²) in [6.07, 6.45) is 1.30. The Kier molecular flexibility index (Phi) is 6.88. The maximum atomic E-state index is 18.3. The molecule has 0 aromatic rings. The Hall–Kier alpha value is -1.99. The molecule has 5 aliphatic rings. The average Bonchev–Trinajstić information content (AvgIpc) is 3.22. The summed E-state index contributed by atoms with van der Waals surface area (Å²) < 4.78 is 42.3. The van der Waals surface area contributed by atoms with Gasteiger partial charge in [0.25, 0.3) is 0 Å². The summed E-state index contributed by atoms with van der Waals surface area (Å²) in [5.41, 5.74) is -7.52. The van der Waals surface area contributed by atoms with Crippen LogP contribution in [-0.2, 0) is 28.5 Å². The number of halogens is 2. The van der Waals surface area contributed by atoms with E-state index in [2.05, 4.69) is 6.07 Å². The summed E-state index contributed by atoms with van der Waals surface area (Å²) in [5.74, 6) is -1.81. The smallest absolute Gasteiger partial charge is 0.303 e. The van der Waals surface area contributed by atoms with Gasteiger partial charge in [-0.15, -0.1) is 11.6 Å². The minimum absolute atomic E-state index is 0.0647. The van der Waals surface area contributed by atoms with Crippen molar-refractivity contribution in [3.8, 4) is 6.07 Å². The molecule has 41 heavy (non-hydrogen) atoms. The van der Waals surface area contributed by atoms with Crippen LogP contribution in [0.2, 0.25) is 0 Å². The summed E-state index contributed by atoms with van der Waals surface area (Å²) >= 11 is 5.82. The van der Waals surface area contributed by atoms with Crippen LogP contribution in [0.5, 0.6) is 0 Å². The van der Waals surface area contributed by atoms with Crippen LogP contribution in [0.15, 0.2) is 23.0 Å². The van der Waals surface area contributed by atoms with E-state index in [1.165, 1.54) is 6.92 Å². The first kappa shape index (κ1) is 30.5. The van der Waals surface area contributed by atoms with E-state index in [-0.39, 0.29) is 19.3 Å². The second kappa shape index (κ2) is 9.25. The van der Waals surface area contributed by atoms with Gasteiger partial charge in [0.15, 0.2) is 23.7 Å². The number of carbonyl (C=O) groups is 2. The SMILES string of the molecule is CC(=O)OCC(=O)[C@@]12OC(C)(C)O[C@]1(C)C[C@@H]1[C@]2(C)C[C@H](O)[C@]2(F)[C@@]3(C)CCC(OCCCl)=CC3=C(C#N)C[C@@]12C. The van der Waals surface area contributed by atoms with Gasteiger partial charge in [0.05, 0.1) is 23.8 Å². The number of esters is 1. The fraction of sp³-hybridized carbons (Fsp3) is 0.774. The van der Waals surface area contributed by atoms with Gasteiger partial charge in [0, 0.05) is 35.2 Å². The van der Waals surface area contributed by atoms with E-state index in [0.717, 1.165) is 0 Å². The Bertz CT molecular complexity index is 1290. The van der Waals surface area contributed by atoms with Gasteiger partial charge in [-0.05, 0) is 64.0 Å². The highest BCUT2D eigenvalue weighted by molar-refractivity contribution is 6.18. The molecule has 0 spiro atoms. The summed E-state index contributed by atoms with van der Waals surface area (Å²) in [6, 6.07) is 2.34. The molecule has 2 saturated carbocycles. The van der Waals surface area contributed by atoms with E-state index >= 15 is 4.39 Å². The lowest BCUT2D eigenvalue weighted by atomic mass is 9.38. The summed E-state index contributed by atoms with van der Waals surface area (Å²) in [6.45, 7) is 11.7. The van der Waals surface area contributed by atoms with Gasteiger partial charge < -0.3 is 24.1 Å². The number of Topliss-reactive ketones (excluding diaryl/α,β-unsaturated/α-hetero) is 1. The number of nitriles is 1. The zero-order valence-corrected chi connectivity index (χ0v) is 25.7. The van der Waals surface area contributed by atoms with E-state index in [0.29, 0.717) is 42.2 Å². The highest BCUT2D eigenvalue weighted by Crippen LogP contribution is 2.78. The molecule has 5 rings (SSSR count). The molecule has 1 N–H and O–H groups in total. The van der Waals surface area contributed by atoms with Crippen molar-refractivity contribution in [3.05, 3.63) is 23.0 Å². The number of alkyl halides is 2. The molecular weight excluding hydrogens is 553 g/mol. The number of fused-ring (bicyclic) bond motifs is 7. The fourth-order valence-electron chi connectivity index (χ4n) is 10.0. The molecule has 0 aromatic heterocycles. The van der Waals surface area contributed by atoms with Gasteiger partial charge >= 0.3 is 5.97 Å². The molecule has 8 atom stereocenters. The summed E-state index contributed by atoms with van der Waals surface area (Å²) in [5, 5.41) is 22.4. The first-order chi connectivity index (χ1) is 18.9. The molecule has 4 aliphatic carbocycles. The molecular formula is C31H41ClFNO7. The monoisotopic (exact) mass is 593 g/mol. The summed E-state index contributed by atoms with van der Waals surface area (Å²) in [4.78, 5) is 25.8. The number of ketones is 1.